The number of piperidine rings is 2. The summed E-state index contributed by atoms with van der Waals surface area (Å²) in [4.78, 5) is 37.8. The number of fused-ring (bicyclic) bond motifs is 1. The van der Waals surface area contributed by atoms with Crippen molar-refractivity contribution in [2.45, 2.75) is 63.1 Å². The number of carbonyl (C=O) groups excluding carboxylic acids is 3. The number of alkyl halides is 3. The Labute approximate surface area is 171 Å². The topological polar surface area (TPSA) is 90.5 Å². The molecule has 4 rings (SSSR count). The lowest BCUT2D eigenvalue weighted by molar-refractivity contribution is -0.161. The lowest BCUT2D eigenvalue weighted by Gasteiger charge is -2.32. The fourth-order valence-corrected chi connectivity index (χ4v) is 4.33. The van der Waals surface area contributed by atoms with Gasteiger partial charge in [0, 0.05) is 31.1 Å². The molecule has 1 aromatic carbocycles. The molecule has 3 aliphatic rings. The van der Waals surface area contributed by atoms with Crippen molar-refractivity contribution in [1.29, 1.82) is 0 Å². The number of nitrogens with zero attached hydrogens (tertiary/aromatic N) is 1. The van der Waals surface area contributed by atoms with E-state index < -0.39 is 24.2 Å². The SMILES string of the molecule is O=C1CCC(N2Cc3ccc(CN[C@@H]4CCN[C@H](C(F)(F)F)C4)cc3C2=O)C(=O)N1. The summed E-state index contributed by atoms with van der Waals surface area (Å²) in [5, 5.41) is 7.94. The van der Waals surface area contributed by atoms with Crippen LogP contribution in [0.25, 0.3) is 0 Å². The van der Waals surface area contributed by atoms with Crippen molar-refractivity contribution in [3.05, 3.63) is 34.9 Å². The molecule has 0 radical (unpaired) electrons. The van der Waals surface area contributed by atoms with Gasteiger partial charge in [-0.25, -0.2) is 0 Å². The van der Waals surface area contributed by atoms with Gasteiger partial charge in [-0.1, -0.05) is 12.1 Å². The Bertz CT molecular complexity index is 873. The van der Waals surface area contributed by atoms with Crippen LogP contribution < -0.4 is 16.0 Å². The summed E-state index contributed by atoms with van der Waals surface area (Å²) in [5.41, 5.74) is 2.10. The van der Waals surface area contributed by atoms with Crippen LogP contribution in [0.2, 0.25) is 0 Å². The molecule has 1 unspecified atom stereocenters. The zero-order chi connectivity index (χ0) is 21.5. The molecule has 10 heteroatoms. The predicted molar refractivity (Wildman–Crippen MR) is 100 cm³/mol. The number of halogens is 3. The molecule has 0 aromatic heterocycles. The number of hydrogen-bond donors (Lipinski definition) is 3. The molecule has 162 valence electrons. The molecule has 2 fully saturated rings. The van der Waals surface area contributed by atoms with Gasteiger partial charge in [-0.2, -0.15) is 13.2 Å². The lowest BCUT2D eigenvalue weighted by Crippen LogP contribution is -2.52. The van der Waals surface area contributed by atoms with Crippen LogP contribution in [-0.2, 0) is 22.7 Å². The van der Waals surface area contributed by atoms with Crippen molar-refractivity contribution in [1.82, 2.24) is 20.9 Å². The minimum absolute atomic E-state index is 0.0311. The number of amides is 3. The molecule has 3 N–H and O–H groups in total. The Morgan fingerprint density at radius 2 is 1.97 bits per heavy atom. The summed E-state index contributed by atoms with van der Waals surface area (Å²) in [6, 6.07) is 2.96. The van der Waals surface area contributed by atoms with E-state index in [0.29, 0.717) is 38.0 Å². The van der Waals surface area contributed by atoms with E-state index in [0.717, 1.165) is 11.1 Å². The van der Waals surface area contributed by atoms with Gasteiger partial charge in [0.25, 0.3) is 5.91 Å². The number of imide groups is 1. The fraction of sp³-hybridized carbons (Fsp3) is 0.550. The lowest BCUT2D eigenvalue weighted by atomic mass is 9.98. The van der Waals surface area contributed by atoms with Crippen LogP contribution in [0.3, 0.4) is 0 Å². The van der Waals surface area contributed by atoms with E-state index in [9.17, 15) is 27.6 Å². The first-order chi connectivity index (χ1) is 14.2. The maximum Gasteiger partial charge on any atom is 0.403 e. The van der Waals surface area contributed by atoms with Crippen molar-refractivity contribution < 1.29 is 27.6 Å². The molecule has 7 nitrogen and oxygen atoms in total. The first-order valence-electron chi connectivity index (χ1n) is 10.0. The molecule has 0 spiro atoms. The van der Waals surface area contributed by atoms with Crippen LogP contribution in [0, 0.1) is 0 Å². The third kappa shape index (κ3) is 4.20. The van der Waals surface area contributed by atoms with Crippen molar-refractivity contribution in [3.8, 4) is 0 Å². The van der Waals surface area contributed by atoms with Crippen LogP contribution in [0.4, 0.5) is 13.2 Å². The Morgan fingerprint density at radius 1 is 1.17 bits per heavy atom. The third-order valence-corrected chi connectivity index (χ3v) is 5.99. The van der Waals surface area contributed by atoms with Gasteiger partial charge < -0.3 is 15.5 Å². The van der Waals surface area contributed by atoms with E-state index in [4.69, 9.17) is 0 Å². The smallest absolute Gasteiger partial charge is 0.322 e. The summed E-state index contributed by atoms with van der Waals surface area (Å²) < 4.78 is 38.8. The summed E-state index contributed by atoms with van der Waals surface area (Å²) >= 11 is 0. The van der Waals surface area contributed by atoms with Crippen LogP contribution in [-0.4, -0.2) is 53.5 Å². The Hall–Kier alpha value is -2.46. The van der Waals surface area contributed by atoms with Crippen molar-refractivity contribution in [2.24, 2.45) is 0 Å². The number of nitrogens with one attached hydrogen (secondary N) is 3. The maximum atomic E-state index is 12.9. The molecular formula is C20H23F3N4O3. The molecule has 30 heavy (non-hydrogen) atoms. The molecule has 0 aliphatic carbocycles. The van der Waals surface area contributed by atoms with Gasteiger partial charge in [-0.05, 0) is 43.0 Å². The molecule has 3 amide bonds. The summed E-state index contributed by atoms with van der Waals surface area (Å²) in [5.74, 6) is -1.06. The van der Waals surface area contributed by atoms with E-state index in [2.05, 4.69) is 16.0 Å². The molecule has 0 saturated carbocycles. The van der Waals surface area contributed by atoms with Crippen LogP contribution >= 0.6 is 0 Å². The average molecular weight is 424 g/mol. The molecule has 0 bridgehead atoms. The highest BCUT2D eigenvalue weighted by molar-refractivity contribution is 6.05. The molecule has 3 heterocycles. The first kappa shape index (κ1) is 20.8. The predicted octanol–water partition coefficient (Wildman–Crippen LogP) is 1.22. The summed E-state index contributed by atoms with van der Waals surface area (Å²) in [6.07, 6.45) is -3.20. The van der Waals surface area contributed by atoms with Gasteiger partial charge in [-0.3, -0.25) is 19.7 Å². The van der Waals surface area contributed by atoms with Crippen molar-refractivity contribution in [3.63, 3.8) is 0 Å². The van der Waals surface area contributed by atoms with Gasteiger partial charge in [0.15, 0.2) is 0 Å². The van der Waals surface area contributed by atoms with Gasteiger partial charge in [0.05, 0.1) is 0 Å². The highest BCUT2D eigenvalue weighted by Crippen LogP contribution is 2.29. The molecular weight excluding hydrogens is 401 g/mol. The van der Waals surface area contributed by atoms with Gasteiger partial charge >= 0.3 is 6.18 Å². The van der Waals surface area contributed by atoms with Crippen LogP contribution in [0.15, 0.2) is 18.2 Å². The van der Waals surface area contributed by atoms with Crippen LogP contribution in [0.1, 0.15) is 47.2 Å². The van der Waals surface area contributed by atoms with Crippen molar-refractivity contribution in [2.75, 3.05) is 6.54 Å². The number of hydrogen-bond acceptors (Lipinski definition) is 5. The minimum Gasteiger partial charge on any atom is -0.322 e. The second-order valence-corrected chi connectivity index (χ2v) is 8.04. The first-order valence-corrected chi connectivity index (χ1v) is 10.0. The Morgan fingerprint density at radius 3 is 2.70 bits per heavy atom. The quantitative estimate of drug-likeness (QED) is 0.633. The Balaban J connectivity index is 1.39. The summed E-state index contributed by atoms with van der Waals surface area (Å²) in [7, 11) is 0. The number of benzene rings is 1. The fourth-order valence-electron chi connectivity index (χ4n) is 4.33. The maximum absolute atomic E-state index is 12.9. The minimum atomic E-state index is -4.26. The van der Waals surface area contributed by atoms with Gasteiger partial charge in [0.1, 0.15) is 12.1 Å². The third-order valence-electron chi connectivity index (χ3n) is 5.99. The van der Waals surface area contributed by atoms with E-state index in [1.807, 2.05) is 12.1 Å². The highest BCUT2D eigenvalue weighted by atomic mass is 19.4. The van der Waals surface area contributed by atoms with Crippen molar-refractivity contribution >= 4 is 17.7 Å². The van der Waals surface area contributed by atoms with E-state index in [1.165, 1.54) is 4.90 Å². The Kier molecular flexibility index (Phi) is 5.54. The molecule has 3 atom stereocenters. The van der Waals surface area contributed by atoms with Crippen LogP contribution in [0.5, 0.6) is 0 Å². The normalized spacial score (nSPS) is 27.2. The van der Waals surface area contributed by atoms with E-state index >= 15 is 0 Å². The molecule has 2 saturated heterocycles. The largest absolute Gasteiger partial charge is 0.403 e. The molecule has 1 aromatic rings. The second kappa shape index (κ2) is 7.99. The monoisotopic (exact) mass is 424 g/mol. The molecule has 3 aliphatic heterocycles. The zero-order valence-corrected chi connectivity index (χ0v) is 16.2. The number of carbonyl (C=O) groups is 3. The van der Waals surface area contributed by atoms with Gasteiger partial charge in [0.2, 0.25) is 11.8 Å². The highest BCUT2D eigenvalue weighted by Gasteiger charge is 2.42. The average Bonchev–Trinajstić information content (AvgIpc) is 3.02. The second-order valence-electron chi connectivity index (χ2n) is 8.04. The van der Waals surface area contributed by atoms with E-state index in [-0.39, 0.29) is 30.7 Å². The number of rotatable bonds is 4. The van der Waals surface area contributed by atoms with E-state index in [1.54, 1.807) is 6.07 Å². The zero-order valence-electron chi connectivity index (χ0n) is 16.2. The summed E-state index contributed by atoms with van der Waals surface area (Å²) in [6.45, 7) is 0.954. The van der Waals surface area contributed by atoms with Gasteiger partial charge in [-0.15, -0.1) is 0 Å². The standard InChI is InChI=1S/C20H23F3N4O3/c21-20(22,23)16-8-13(5-6-24-16)25-9-11-1-2-12-10-27(19(30)14(12)7-11)15-3-4-17(28)26-18(15)29/h1-2,7,13,15-16,24-25H,3-6,8-10H2,(H,26,28,29)/t13-,15?,16+/m1/s1.